The number of hydrogen-bond donors (Lipinski definition) is 2. The molecule has 0 aliphatic carbocycles. The third-order valence-electron chi connectivity index (χ3n) is 0.357. The Morgan fingerprint density at radius 1 is 1.83 bits per heavy atom. The molecule has 3 heteroatoms. The van der Waals surface area contributed by atoms with Crippen LogP contribution in [0.2, 0.25) is 0 Å². The van der Waals surface area contributed by atoms with Crippen molar-refractivity contribution in [2.24, 2.45) is 0 Å². The van der Waals surface area contributed by atoms with Crippen molar-refractivity contribution in [1.82, 2.24) is 0 Å². The van der Waals surface area contributed by atoms with Gasteiger partial charge in [0.25, 0.3) is 0 Å². The third-order valence-corrected chi connectivity index (χ3v) is 0.357. The van der Waals surface area contributed by atoms with Gasteiger partial charge in [-0.3, -0.25) is 0 Å². The van der Waals surface area contributed by atoms with E-state index in [2.05, 4.69) is 0 Å². The van der Waals surface area contributed by atoms with Crippen LogP contribution in [0.3, 0.4) is 0 Å². The van der Waals surface area contributed by atoms with Gasteiger partial charge in [0.1, 0.15) is 6.10 Å². The van der Waals surface area contributed by atoms with Crippen LogP contribution in [0.5, 0.6) is 0 Å². The Labute approximate surface area is 35.2 Å². The zero-order chi connectivity index (χ0) is 5.15. The minimum absolute atomic E-state index is 1.19. The number of hydrogen-bond acceptors (Lipinski definition) is 2. The molecule has 0 bridgehead atoms. The van der Waals surface area contributed by atoms with E-state index < -0.39 is 12.1 Å². The zero-order valence-electron chi connectivity index (χ0n) is 3.38. The summed E-state index contributed by atoms with van der Waals surface area (Å²) < 4.78 is 0. The average Bonchev–Trinajstić information content (AvgIpc) is 1.36. The molecule has 0 spiro atoms. The summed E-state index contributed by atoms with van der Waals surface area (Å²) in [5, 5.41) is 15.8. The Morgan fingerprint density at radius 3 is 2.00 bits per heavy atom. The fourth-order valence-corrected chi connectivity index (χ4v) is 0. The van der Waals surface area contributed by atoms with Crippen LogP contribution in [0, 0.1) is 0 Å². The molecule has 0 saturated carbocycles. The molecular formula is C3H6O3. The topological polar surface area (TPSA) is 57.5 Å². The van der Waals surface area contributed by atoms with E-state index >= 15 is 0 Å². The van der Waals surface area contributed by atoms with E-state index in [1.165, 1.54) is 6.92 Å². The highest BCUT2D eigenvalue weighted by Crippen LogP contribution is 1.73. The second kappa shape index (κ2) is 1.77. The molecular weight excluding hydrogens is 85.0 g/mol. The number of aliphatic carboxylic acids is 1. The van der Waals surface area contributed by atoms with E-state index in [-0.39, 0.29) is 0 Å². The Balaban J connectivity index is 3.26. The van der Waals surface area contributed by atoms with Crippen molar-refractivity contribution in [2.45, 2.75) is 13.0 Å². The van der Waals surface area contributed by atoms with Crippen molar-refractivity contribution >= 4 is 5.97 Å². The second-order valence-corrected chi connectivity index (χ2v) is 1.01. The average molecular weight is 91.1 g/mol. The fraction of sp³-hybridized carbons (Fsp3) is 0.667. The van der Waals surface area contributed by atoms with Crippen LogP contribution in [0.25, 0.3) is 0 Å². The maximum atomic E-state index is 9.45. The molecule has 0 aromatic heterocycles. The van der Waals surface area contributed by atoms with Gasteiger partial charge in [0.05, 0.1) is 0 Å². The summed E-state index contributed by atoms with van der Waals surface area (Å²) in [7, 11) is 0. The molecule has 0 amide bonds. The molecule has 0 aromatic carbocycles. The van der Waals surface area contributed by atoms with Gasteiger partial charge in [-0.25, -0.2) is 4.79 Å². The number of carboxylic acids is 1. The highest BCUT2D eigenvalue weighted by Gasteiger charge is 2.01. The van der Waals surface area contributed by atoms with E-state index in [0.717, 1.165) is 0 Å². The Morgan fingerprint density at radius 2 is 2.00 bits per heavy atom. The van der Waals surface area contributed by atoms with Gasteiger partial charge in [0.15, 0.2) is 0 Å². The SMILES string of the molecule is C[13C@@H](O)C(=O)O. The number of aliphatic hydroxyl groups is 1. The van der Waals surface area contributed by atoms with Crippen LogP contribution in [0.4, 0.5) is 0 Å². The number of aliphatic hydroxyl groups excluding tert-OH is 1. The minimum Gasteiger partial charge on any atom is -0.479 e. The molecule has 0 radical (unpaired) electrons. The summed E-state index contributed by atoms with van der Waals surface area (Å²) in [6.07, 6.45) is -1.23. The smallest absolute Gasteiger partial charge is 0.332 e. The summed E-state index contributed by atoms with van der Waals surface area (Å²) in [5.74, 6) is -1.19. The minimum atomic E-state index is -1.23. The first-order valence-electron chi connectivity index (χ1n) is 1.55. The lowest BCUT2D eigenvalue weighted by atomic mass is 10.8. The highest BCUT2D eigenvalue weighted by molar-refractivity contribution is 5.71. The summed E-state index contributed by atoms with van der Waals surface area (Å²) in [6.45, 7) is 1.20. The normalized spacial score (nSPS) is 13.7. The molecule has 1 atom stereocenters. The lowest BCUT2D eigenvalue weighted by Crippen LogP contribution is -2.13. The summed E-state index contributed by atoms with van der Waals surface area (Å²) >= 11 is 0. The van der Waals surface area contributed by atoms with Gasteiger partial charge >= 0.3 is 5.97 Å². The van der Waals surface area contributed by atoms with E-state index in [4.69, 9.17) is 10.2 Å². The van der Waals surface area contributed by atoms with E-state index in [1.54, 1.807) is 0 Å². The molecule has 36 valence electrons. The predicted octanol–water partition coefficient (Wildman–Crippen LogP) is -0.548. The van der Waals surface area contributed by atoms with Crippen LogP contribution in [0.1, 0.15) is 6.92 Å². The maximum Gasteiger partial charge on any atom is 0.332 e. The van der Waals surface area contributed by atoms with Gasteiger partial charge < -0.3 is 10.2 Å². The highest BCUT2D eigenvalue weighted by atomic mass is 16.4. The van der Waals surface area contributed by atoms with Crippen molar-refractivity contribution in [3.8, 4) is 0 Å². The van der Waals surface area contributed by atoms with Crippen molar-refractivity contribution in [3.05, 3.63) is 0 Å². The summed E-state index contributed by atoms with van der Waals surface area (Å²) in [5.41, 5.74) is 0. The van der Waals surface area contributed by atoms with E-state index in [1.807, 2.05) is 0 Å². The van der Waals surface area contributed by atoms with Crippen molar-refractivity contribution in [1.29, 1.82) is 0 Å². The molecule has 2 N–H and O–H groups in total. The van der Waals surface area contributed by atoms with Crippen LogP contribution in [0.15, 0.2) is 0 Å². The monoisotopic (exact) mass is 91.0 g/mol. The Bertz CT molecular complexity index is 57.1. The number of rotatable bonds is 1. The van der Waals surface area contributed by atoms with E-state index in [9.17, 15) is 4.79 Å². The van der Waals surface area contributed by atoms with Gasteiger partial charge in [-0.05, 0) is 6.92 Å². The van der Waals surface area contributed by atoms with Crippen molar-refractivity contribution in [3.63, 3.8) is 0 Å². The zero-order valence-corrected chi connectivity index (χ0v) is 3.38. The predicted molar refractivity (Wildman–Crippen MR) is 19.3 cm³/mol. The van der Waals surface area contributed by atoms with Crippen molar-refractivity contribution < 1.29 is 15.0 Å². The quantitative estimate of drug-likeness (QED) is 0.426. The summed E-state index contributed by atoms with van der Waals surface area (Å²) in [4.78, 5) is 9.45. The molecule has 0 fully saturated rings. The van der Waals surface area contributed by atoms with Crippen molar-refractivity contribution in [2.75, 3.05) is 0 Å². The molecule has 0 heterocycles. The fourth-order valence-electron chi connectivity index (χ4n) is 0. The maximum absolute atomic E-state index is 9.45. The van der Waals surface area contributed by atoms with Gasteiger partial charge in [0, 0.05) is 0 Å². The van der Waals surface area contributed by atoms with Crippen LogP contribution >= 0.6 is 0 Å². The molecule has 3 nitrogen and oxygen atoms in total. The Kier molecular flexibility index (Phi) is 1.60. The second-order valence-electron chi connectivity index (χ2n) is 1.01. The first-order valence-corrected chi connectivity index (χ1v) is 1.55. The lowest BCUT2D eigenvalue weighted by Gasteiger charge is -1.89. The Hall–Kier alpha value is -0.570. The molecule has 0 unspecified atom stereocenters. The first kappa shape index (κ1) is 5.43. The molecule has 0 saturated heterocycles. The van der Waals surface area contributed by atoms with Gasteiger partial charge in [0.2, 0.25) is 0 Å². The number of carboxylic acid groups (broad SMARTS) is 1. The molecule has 0 aromatic rings. The van der Waals surface area contributed by atoms with Gasteiger partial charge in [-0.15, -0.1) is 0 Å². The van der Waals surface area contributed by atoms with Crippen LogP contribution in [-0.4, -0.2) is 22.3 Å². The largest absolute Gasteiger partial charge is 0.479 e. The standard InChI is InChI=1S/C3H6O3/c1-2(4)3(5)6/h2,4H,1H3,(H,5,6)/t2-/m1/s1/i2+1. The van der Waals surface area contributed by atoms with Gasteiger partial charge in [-0.2, -0.15) is 0 Å². The molecule has 0 aliphatic heterocycles. The summed E-state index contributed by atoms with van der Waals surface area (Å²) in [6, 6.07) is 0. The van der Waals surface area contributed by atoms with E-state index in [0.29, 0.717) is 0 Å². The first-order chi connectivity index (χ1) is 2.64. The lowest BCUT2D eigenvalue weighted by molar-refractivity contribution is -0.145. The van der Waals surface area contributed by atoms with Crippen LogP contribution in [-0.2, 0) is 4.79 Å². The molecule has 0 aliphatic rings. The van der Waals surface area contributed by atoms with Gasteiger partial charge in [-0.1, -0.05) is 0 Å². The molecule has 6 heavy (non-hydrogen) atoms. The van der Waals surface area contributed by atoms with Crippen LogP contribution < -0.4 is 0 Å². The number of carbonyl (C=O) groups is 1. The molecule has 0 rings (SSSR count). The third kappa shape index (κ3) is 1.72.